The number of hydrogen-bond donors (Lipinski definition) is 2. The summed E-state index contributed by atoms with van der Waals surface area (Å²) in [5.74, 6) is 0. The lowest BCUT2D eigenvalue weighted by molar-refractivity contribution is -0.0817. The minimum atomic E-state index is -0.798. The average molecular weight is 277 g/mol. The first-order valence-electron chi connectivity index (χ1n) is 7.16. The zero-order valence-electron chi connectivity index (χ0n) is 12.0. The quantitative estimate of drug-likeness (QED) is 0.879. The van der Waals surface area contributed by atoms with Crippen molar-refractivity contribution >= 4 is 6.03 Å². The molecule has 20 heavy (non-hydrogen) atoms. The molecule has 0 saturated carbocycles. The molecule has 0 spiro atoms. The number of piperidine rings is 1. The molecule has 0 bridgehead atoms. The van der Waals surface area contributed by atoms with Gasteiger partial charge in [0.15, 0.2) is 0 Å². The number of benzene rings is 1. The van der Waals surface area contributed by atoms with Crippen molar-refractivity contribution in [2.24, 2.45) is 5.73 Å². The van der Waals surface area contributed by atoms with Crippen LogP contribution in [-0.2, 0) is 5.60 Å². The molecule has 1 aromatic rings. The Hall–Kier alpha value is -1.59. The first-order chi connectivity index (χ1) is 9.57. The van der Waals surface area contributed by atoms with Gasteiger partial charge >= 0.3 is 6.03 Å². The Labute approximate surface area is 119 Å². The van der Waals surface area contributed by atoms with Crippen molar-refractivity contribution in [2.45, 2.75) is 31.8 Å². The van der Waals surface area contributed by atoms with Gasteiger partial charge in [-0.15, -0.1) is 0 Å². The van der Waals surface area contributed by atoms with Gasteiger partial charge in [0.1, 0.15) is 0 Å². The number of carbonyl (C=O) groups excluding carboxylic acids is 1. The van der Waals surface area contributed by atoms with Gasteiger partial charge in [-0.1, -0.05) is 37.3 Å². The summed E-state index contributed by atoms with van der Waals surface area (Å²) < 4.78 is 0. The highest BCUT2D eigenvalue weighted by molar-refractivity contribution is 5.71. The minimum Gasteiger partial charge on any atom is -0.385 e. The highest BCUT2D eigenvalue weighted by Crippen LogP contribution is 2.33. The Morgan fingerprint density at radius 2 is 1.95 bits per heavy atom. The lowest BCUT2D eigenvalue weighted by atomic mass is 9.85. The third-order valence-corrected chi connectivity index (χ3v) is 3.91. The van der Waals surface area contributed by atoms with Crippen molar-refractivity contribution < 1.29 is 9.90 Å². The number of primary amides is 1. The van der Waals surface area contributed by atoms with Crippen LogP contribution in [0, 0.1) is 0 Å². The zero-order valence-corrected chi connectivity index (χ0v) is 12.0. The molecule has 1 aliphatic heterocycles. The Kier molecular flexibility index (Phi) is 4.62. The molecule has 0 unspecified atom stereocenters. The van der Waals surface area contributed by atoms with E-state index < -0.39 is 11.6 Å². The molecule has 1 fully saturated rings. The molecule has 1 aromatic carbocycles. The molecule has 3 N–H and O–H groups in total. The van der Waals surface area contributed by atoms with Crippen LogP contribution >= 0.6 is 0 Å². The lowest BCUT2D eigenvalue weighted by Crippen LogP contribution is -2.54. The van der Waals surface area contributed by atoms with Crippen LogP contribution in [0.1, 0.15) is 31.7 Å². The van der Waals surface area contributed by atoms with Crippen molar-refractivity contribution in [2.75, 3.05) is 19.6 Å². The number of hydrazine groups is 1. The first-order valence-corrected chi connectivity index (χ1v) is 7.16. The predicted molar refractivity (Wildman–Crippen MR) is 77.7 cm³/mol. The Morgan fingerprint density at radius 1 is 1.35 bits per heavy atom. The summed E-state index contributed by atoms with van der Waals surface area (Å²) in [7, 11) is 0. The SMILES string of the molecule is CCCN(C(N)=O)N1CCC(O)(c2ccccc2)CC1. The van der Waals surface area contributed by atoms with E-state index in [9.17, 15) is 9.90 Å². The van der Waals surface area contributed by atoms with Gasteiger partial charge in [-0.2, -0.15) is 0 Å². The zero-order chi connectivity index (χ0) is 14.6. The van der Waals surface area contributed by atoms with Crippen molar-refractivity contribution in [3.63, 3.8) is 0 Å². The van der Waals surface area contributed by atoms with Gasteiger partial charge in [-0.25, -0.2) is 9.80 Å². The predicted octanol–water partition coefficient (Wildman–Crippen LogP) is 1.68. The Bertz CT molecular complexity index is 442. The monoisotopic (exact) mass is 277 g/mol. The molecule has 0 atom stereocenters. The van der Waals surface area contributed by atoms with Crippen molar-refractivity contribution in [1.29, 1.82) is 0 Å². The van der Waals surface area contributed by atoms with E-state index in [0.717, 1.165) is 12.0 Å². The van der Waals surface area contributed by atoms with Crippen LogP contribution in [-0.4, -0.2) is 40.8 Å². The number of hydrogen-bond acceptors (Lipinski definition) is 3. The lowest BCUT2D eigenvalue weighted by Gasteiger charge is -2.42. The standard InChI is InChI=1S/C15H23N3O2/c1-2-10-18(14(16)19)17-11-8-15(20,9-12-17)13-6-4-3-5-7-13/h3-7,20H,2,8-12H2,1H3,(H2,16,19). The summed E-state index contributed by atoms with van der Waals surface area (Å²) in [5.41, 5.74) is 5.56. The van der Waals surface area contributed by atoms with E-state index in [1.807, 2.05) is 42.3 Å². The second kappa shape index (κ2) is 6.24. The molecule has 1 aliphatic rings. The van der Waals surface area contributed by atoms with Crippen LogP contribution in [0.3, 0.4) is 0 Å². The number of rotatable bonds is 4. The maximum atomic E-state index is 11.5. The summed E-state index contributed by atoms with van der Waals surface area (Å²) >= 11 is 0. The molecule has 0 aliphatic carbocycles. The second-order valence-corrected chi connectivity index (χ2v) is 5.31. The molecule has 110 valence electrons. The molecular weight excluding hydrogens is 254 g/mol. The number of nitrogens with zero attached hydrogens (tertiary/aromatic N) is 2. The number of carbonyl (C=O) groups is 1. The van der Waals surface area contributed by atoms with E-state index in [1.54, 1.807) is 5.01 Å². The fourth-order valence-electron chi connectivity index (χ4n) is 2.75. The maximum absolute atomic E-state index is 11.5. The second-order valence-electron chi connectivity index (χ2n) is 5.31. The molecular formula is C15H23N3O2. The van der Waals surface area contributed by atoms with Gasteiger partial charge in [0.2, 0.25) is 0 Å². The van der Waals surface area contributed by atoms with Gasteiger partial charge in [0.05, 0.1) is 5.60 Å². The topological polar surface area (TPSA) is 69.8 Å². The molecule has 5 nitrogen and oxygen atoms in total. The maximum Gasteiger partial charge on any atom is 0.329 e. The molecule has 1 saturated heterocycles. The van der Waals surface area contributed by atoms with E-state index in [1.165, 1.54) is 0 Å². The van der Waals surface area contributed by atoms with E-state index in [2.05, 4.69) is 0 Å². The largest absolute Gasteiger partial charge is 0.385 e. The molecule has 2 rings (SSSR count). The fraction of sp³-hybridized carbons (Fsp3) is 0.533. The van der Waals surface area contributed by atoms with Crippen LogP contribution in [0.15, 0.2) is 30.3 Å². The molecule has 1 heterocycles. The van der Waals surface area contributed by atoms with Crippen LogP contribution in [0.25, 0.3) is 0 Å². The van der Waals surface area contributed by atoms with Crippen LogP contribution in [0.5, 0.6) is 0 Å². The number of urea groups is 1. The third kappa shape index (κ3) is 3.11. The van der Waals surface area contributed by atoms with Crippen molar-refractivity contribution in [3.8, 4) is 0 Å². The van der Waals surface area contributed by atoms with Gasteiger partial charge in [-0.05, 0) is 24.8 Å². The summed E-state index contributed by atoms with van der Waals surface area (Å²) in [6, 6.07) is 9.30. The number of aliphatic hydroxyl groups is 1. The minimum absolute atomic E-state index is 0.419. The molecule has 5 heteroatoms. The van der Waals surface area contributed by atoms with Crippen LogP contribution in [0.4, 0.5) is 4.79 Å². The third-order valence-electron chi connectivity index (χ3n) is 3.91. The summed E-state index contributed by atoms with van der Waals surface area (Å²) in [5, 5.41) is 14.3. The van der Waals surface area contributed by atoms with E-state index in [4.69, 9.17) is 5.73 Å². The fourth-order valence-corrected chi connectivity index (χ4v) is 2.75. The molecule has 2 amide bonds. The van der Waals surface area contributed by atoms with Gasteiger partial charge < -0.3 is 10.8 Å². The Morgan fingerprint density at radius 3 is 2.45 bits per heavy atom. The Balaban J connectivity index is 2.03. The summed E-state index contributed by atoms with van der Waals surface area (Å²) in [4.78, 5) is 11.5. The van der Waals surface area contributed by atoms with Crippen molar-refractivity contribution in [1.82, 2.24) is 10.0 Å². The van der Waals surface area contributed by atoms with Gasteiger partial charge in [0.25, 0.3) is 0 Å². The normalized spacial score (nSPS) is 18.7. The van der Waals surface area contributed by atoms with Gasteiger partial charge in [-0.3, -0.25) is 5.01 Å². The highest BCUT2D eigenvalue weighted by Gasteiger charge is 2.36. The van der Waals surface area contributed by atoms with Crippen molar-refractivity contribution in [3.05, 3.63) is 35.9 Å². The van der Waals surface area contributed by atoms with E-state index >= 15 is 0 Å². The smallest absolute Gasteiger partial charge is 0.329 e. The number of amides is 2. The van der Waals surface area contributed by atoms with Crippen LogP contribution in [0.2, 0.25) is 0 Å². The van der Waals surface area contributed by atoms with Crippen LogP contribution < -0.4 is 5.73 Å². The highest BCUT2D eigenvalue weighted by atomic mass is 16.3. The average Bonchev–Trinajstić information content (AvgIpc) is 2.47. The molecule has 0 radical (unpaired) electrons. The van der Waals surface area contributed by atoms with Gasteiger partial charge in [0, 0.05) is 19.6 Å². The summed E-state index contributed by atoms with van der Waals surface area (Å²) in [6.45, 7) is 3.90. The van der Waals surface area contributed by atoms with E-state index in [-0.39, 0.29) is 0 Å². The summed E-state index contributed by atoms with van der Waals surface area (Å²) in [6.07, 6.45) is 2.07. The number of nitrogens with two attached hydrogens (primary N) is 1. The van der Waals surface area contributed by atoms with E-state index in [0.29, 0.717) is 32.5 Å². The first kappa shape index (κ1) is 14.8. The molecule has 0 aromatic heterocycles.